The summed E-state index contributed by atoms with van der Waals surface area (Å²) < 4.78 is 18.5. The van der Waals surface area contributed by atoms with Gasteiger partial charge in [-0.25, -0.2) is 0 Å². The second-order valence-electron chi connectivity index (χ2n) is 2.86. The summed E-state index contributed by atoms with van der Waals surface area (Å²) in [5.74, 6) is 0. The van der Waals surface area contributed by atoms with Crippen LogP contribution in [0.5, 0.6) is 0 Å². The van der Waals surface area contributed by atoms with Crippen LogP contribution in [0.4, 0.5) is 0 Å². The Kier molecular flexibility index (Phi) is 26.9. The van der Waals surface area contributed by atoms with Gasteiger partial charge in [0.2, 0.25) is 0 Å². The molecule has 7 heteroatoms. The molecule has 6 nitrogen and oxygen atoms in total. The first-order valence-corrected chi connectivity index (χ1v) is 5.07. The van der Waals surface area contributed by atoms with Crippen molar-refractivity contribution in [1.29, 1.82) is 0 Å². The van der Waals surface area contributed by atoms with Gasteiger partial charge in [-0.15, -0.1) is 0 Å². The molecule has 17 heavy (non-hydrogen) atoms. The predicted molar refractivity (Wildman–Crippen MR) is 60.3 cm³/mol. The van der Waals surface area contributed by atoms with Crippen molar-refractivity contribution in [2.75, 3.05) is 40.6 Å². The third-order valence-corrected chi connectivity index (χ3v) is 1.28. The number of methoxy groups -OCH3 is 2. The third-order valence-electron chi connectivity index (χ3n) is 1.28. The number of rotatable bonds is 8. The molecule has 100 valence electrons. The van der Waals surface area contributed by atoms with Gasteiger partial charge in [-0.3, -0.25) is 0 Å². The van der Waals surface area contributed by atoms with Gasteiger partial charge in [0.15, 0.2) is 0 Å². The summed E-state index contributed by atoms with van der Waals surface area (Å²) in [6, 6.07) is 0. The van der Waals surface area contributed by atoms with E-state index in [-0.39, 0.29) is 45.5 Å². The van der Waals surface area contributed by atoms with Crippen LogP contribution in [-0.4, -0.2) is 98.7 Å². The van der Waals surface area contributed by atoms with E-state index in [1.165, 1.54) is 13.8 Å². The van der Waals surface area contributed by atoms with Crippen molar-refractivity contribution >= 4 is 45.5 Å². The summed E-state index contributed by atoms with van der Waals surface area (Å²) in [6.07, 6.45) is -1.85. The summed E-state index contributed by atoms with van der Waals surface area (Å²) >= 11 is 0. The fourth-order valence-corrected chi connectivity index (χ4v) is 0.595. The van der Waals surface area contributed by atoms with Crippen molar-refractivity contribution in [3.05, 3.63) is 0 Å². The van der Waals surface area contributed by atoms with E-state index in [4.69, 9.17) is 0 Å². The minimum atomic E-state index is -0.926. The molecule has 0 bridgehead atoms. The van der Waals surface area contributed by atoms with Crippen molar-refractivity contribution in [2.24, 2.45) is 0 Å². The van der Waals surface area contributed by atoms with Gasteiger partial charge in [0.1, 0.15) is 0 Å². The molecule has 0 rings (SSSR count). The molecule has 0 aromatic carbocycles. The predicted octanol–water partition coefficient (Wildman–Crippen LogP) is -1.67. The standard InChI is InChI=1S/2C5H11O3.Sr/c2*1-5(6)8-4-3-7-2;/h2*5H,3-4H2,1-2H3;/q2*-1;+2. The molecule has 0 aliphatic rings. The van der Waals surface area contributed by atoms with Crippen LogP contribution in [0.3, 0.4) is 0 Å². The molecule has 0 N–H and O–H groups in total. The molecule has 0 aromatic rings. The minimum Gasteiger partial charge on any atom is -0.831 e. The van der Waals surface area contributed by atoms with E-state index in [1.54, 1.807) is 14.2 Å². The van der Waals surface area contributed by atoms with Crippen molar-refractivity contribution in [3.8, 4) is 0 Å². The molecular formula is C10H22O6Sr. The van der Waals surface area contributed by atoms with Crippen LogP contribution >= 0.6 is 0 Å². The van der Waals surface area contributed by atoms with E-state index in [0.717, 1.165) is 0 Å². The van der Waals surface area contributed by atoms with Crippen LogP contribution in [0, 0.1) is 0 Å². The van der Waals surface area contributed by atoms with E-state index < -0.39 is 12.6 Å². The molecule has 0 aromatic heterocycles. The van der Waals surface area contributed by atoms with Crippen LogP contribution in [0.15, 0.2) is 0 Å². The van der Waals surface area contributed by atoms with Crippen LogP contribution in [0.25, 0.3) is 0 Å². The molecule has 0 aliphatic heterocycles. The first-order valence-electron chi connectivity index (χ1n) is 5.07. The van der Waals surface area contributed by atoms with E-state index in [9.17, 15) is 10.2 Å². The summed E-state index contributed by atoms with van der Waals surface area (Å²) in [5.41, 5.74) is 0. The summed E-state index contributed by atoms with van der Waals surface area (Å²) in [4.78, 5) is 0. The van der Waals surface area contributed by atoms with Crippen LogP contribution in [0.2, 0.25) is 0 Å². The topological polar surface area (TPSA) is 83.0 Å². The Balaban J connectivity index is -0.000000218. The monoisotopic (exact) mass is 326 g/mol. The first-order chi connectivity index (χ1) is 7.54. The summed E-state index contributed by atoms with van der Waals surface area (Å²) in [6.45, 7) is 4.67. The molecule has 0 radical (unpaired) electrons. The average molecular weight is 326 g/mol. The van der Waals surface area contributed by atoms with Gasteiger partial charge in [-0.05, 0) is 12.6 Å². The quantitative estimate of drug-likeness (QED) is 0.301. The second kappa shape index (κ2) is 19.6. The molecule has 0 aliphatic carbocycles. The Labute approximate surface area is 140 Å². The van der Waals surface area contributed by atoms with Crippen molar-refractivity contribution < 1.29 is 29.2 Å². The molecule has 0 fully saturated rings. The zero-order valence-electron chi connectivity index (χ0n) is 11.1. The van der Waals surface area contributed by atoms with Gasteiger partial charge in [0.05, 0.1) is 26.4 Å². The Bertz CT molecular complexity index is 109. The molecule has 0 heterocycles. The van der Waals surface area contributed by atoms with Gasteiger partial charge < -0.3 is 29.2 Å². The zero-order chi connectivity index (χ0) is 12.8. The third kappa shape index (κ3) is 31.7. The maximum absolute atomic E-state index is 10.1. The molecule has 0 amide bonds. The maximum atomic E-state index is 10.1. The molecule has 2 unspecified atom stereocenters. The zero-order valence-corrected chi connectivity index (χ0v) is 14.6. The van der Waals surface area contributed by atoms with Gasteiger partial charge in [-0.1, -0.05) is 13.8 Å². The number of ether oxygens (including phenoxy) is 4. The largest absolute Gasteiger partial charge is 2.00 e. The van der Waals surface area contributed by atoms with Gasteiger partial charge in [0.25, 0.3) is 0 Å². The molecule has 0 saturated heterocycles. The SMILES string of the molecule is COCCOC(C)[O-].COCCOC(C)[O-].[Sr+2]. The van der Waals surface area contributed by atoms with Crippen molar-refractivity contribution in [3.63, 3.8) is 0 Å². The maximum Gasteiger partial charge on any atom is 2.00 e. The smallest absolute Gasteiger partial charge is 0.831 e. The Morgan fingerprint density at radius 3 is 1.24 bits per heavy atom. The normalized spacial score (nSPS) is 13.1. The minimum absolute atomic E-state index is 0. The fourth-order valence-electron chi connectivity index (χ4n) is 0.595. The van der Waals surface area contributed by atoms with Gasteiger partial charge in [-0.2, -0.15) is 0 Å². The van der Waals surface area contributed by atoms with Crippen LogP contribution in [0.1, 0.15) is 13.8 Å². The molecule has 0 saturated carbocycles. The van der Waals surface area contributed by atoms with E-state index in [1.807, 2.05) is 0 Å². The molecular weight excluding hydrogens is 304 g/mol. The first kappa shape index (κ1) is 23.3. The van der Waals surface area contributed by atoms with E-state index >= 15 is 0 Å². The van der Waals surface area contributed by atoms with Crippen molar-refractivity contribution in [1.82, 2.24) is 0 Å². The van der Waals surface area contributed by atoms with Gasteiger partial charge >= 0.3 is 45.5 Å². The Morgan fingerprint density at radius 2 is 1.06 bits per heavy atom. The second-order valence-corrected chi connectivity index (χ2v) is 2.86. The molecule has 0 spiro atoms. The summed E-state index contributed by atoms with van der Waals surface area (Å²) in [5, 5.41) is 20.2. The number of hydrogen-bond donors (Lipinski definition) is 0. The van der Waals surface area contributed by atoms with Gasteiger partial charge in [0, 0.05) is 14.2 Å². The Hall–Kier alpha value is 1.24. The van der Waals surface area contributed by atoms with E-state index in [2.05, 4.69) is 18.9 Å². The number of hydrogen-bond acceptors (Lipinski definition) is 6. The Morgan fingerprint density at radius 1 is 0.765 bits per heavy atom. The van der Waals surface area contributed by atoms with Crippen LogP contribution in [-0.2, 0) is 18.9 Å². The fraction of sp³-hybridized carbons (Fsp3) is 1.00. The average Bonchev–Trinajstić information content (AvgIpc) is 2.18. The van der Waals surface area contributed by atoms with Crippen molar-refractivity contribution in [2.45, 2.75) is 26.4 Å². The van der Waals surface area contributed by atoms with E-state index in [0.29, 0.717) is 26.4 Å². The van der Waals surface area contributed by atoms with Crippen LogP contribution < -0.4 is 10.2 Å². The molecule has 2 atom stereocenters. The summed E-state index contributed by atoms with van der Waals surface area (Å²) in [7, 11) is 3.14.